The summed E-state index contributed by atoms with van der Waals surface area (Å²) in [6.07, 6.45) is 0.939. The molecule has 3 nitrogen and oxygen atoms in total. The molecule has 0 unspecified atom stereocenters. The van der Waals surface area contributed by atoms with Crippen molar-refractivity contribution in [1.29, 1.82) is 0 Å². The summed E-state index contributed by atoms with van der Waals surface area (Å²) in [5.74, 6) is -0.692. The molecule has 0 aliphatic heterocycles. The Labute approximate surface area is 57.3 Å². The Kier molecular flexibility index (Phi) is 1.82. The summed E-state index contributed by atoms with van der Waals surface area (Å²) >= 11 is 0. The van der Waals surface area contributed by atoms with Crippen LogP contribution in [0.2, 0.25) is 0 Å². The molecule has 0 radical (unpaired) electrons. The molecule has 0 bridgehead atoms. The largest absolute Gasteiger partial charge is 0.493 e. The van der Waals surface area contributed by atoms with Crippen molar-refractivity contribution in [2.45, 2.75) is 6.54 Å². The van der Waals surface area contributed by atoms with E-state index in [-0.39, 0.29) is 12.4 Å². The molecule has 1 aromatic rings. The average molecular weight is 142 g/mol. The molecule has 3 N–H and O–H groups in total. The maximum Gasteiger partial charge on any atom is 0.215 e. The van der Waals surface area contributed by atoms with Gasteiger partial charge < -0.3 is 10.8 Å². The van der Waals surface area contributed by atoms with Gasteiger partial charge in [-0.15, -0.1) is 0 Å². The van der Waals surface area contributed by atoms with Gasteiger partial charge in [0.2, 0.25) is 5.88 Å². The third-order valence-corrected chi connectivity index (χ3v) is 1.13. The molecule has 1 rings (SSSR count). The fourth-order valence-corrected chi connectivity index (χ4v) is 0.624. The maximum absolute atomic E-state index is 12.3. The van der Waals surface area contributed by atoms with Gasteiger partial charge in [0.1, 0.15) is 5.82 Å². The van der Waals surface area contributed by atoms with Gasteiger partial charge in [-0.2, -0.15) is 0 Å². The highest BCUT2D eigenvalue weighted by molar-refractivity contribution is 5.23. The molecule has 0 amide bonds. The van der Waals surface area contributed by atoms with Crippen molar-refractivity contribution in [3.63, 3.8) is 0 Å². The number of rotatable bonds is 1. The molecule has 0 saturated carbocycles. The predicted octanol–water partition coefficient (Wildman–Crippen LogP) is 0.385. The monoisotopic (exact) mass is 142 g/mol. The van der Waals surface area contributed by atoms with Gasteiger partial charge in [-0.05, 0) is 6.07 Å². The van der Waals surface area contributed by atoms with Gasteiger partial charge in [0.25, 0.3) is 0 Å². The smallest absolute Gasteiger partial charge is 0.215 e. The second-order valence-corrected chi connectivity index (χ2v) is 1.84. The molecule has 10 heavy (non-hydrogen) atoms. The molecule has 1 heterocycles. The first-order valence-electron chi connectivity index (χ1n) is 2.77. The number of pyridine rings is 1. The van der Waals surface area contributed by atoms with Crippen LogP contribution in [0.3, 0.4) is 0 Å². The molecule has 0 atom stereocenters. The minimum atomic E-state index is -0.488. The first-order valence-corrected chi connectivity index (χ1v) is 2.77. The Morgan fingerprint density at radius 2 is 2.40 bits per heavy atom. The summed E-state index contributed by atoms with van der Waals surface area (Å²) in [7, 11) is 0. The highest BCUT2D eigenvalue weighted by atomic mass is 19.1. The topological polar surface area (TPSA) is 59.1 Å². The fourth-order valence-electron chi connectivity index (χ4n) is 0.624. The molecule has 0 fully saturated rings. The molecule has 0 aliphatic carbocycles. The zero-order valence-electron chi connectivity index (χ0n) is 5.21. The van der Waals surface area contributed by atoms with E-state index in [0.29, 0.717) is 5.56 Å². The summed E-state index contributed by atoms with van der Waals surface area (Å²) < 4.78 is 12.3. The second-order valence-electron chi connectivity index (χ2n) is 1.84. The number of hydrogen-bond donors (Lipinski definition) is 2. The Balaban J connectivity index is 3.09. The van der Waals surface area contributed by atoms with E-state index in [4.69, 9.17) is 10.8 Å². The minimum Gasteiger partial charge on any atom is -0.493 e. The van der Waals surface area contributed by atoms with Crippen molar-refractivity contribution in [3.8, 4) is 5.88 Å². The SMILES string of the molecule is NCc1cc(F)cnc1O. The molecule has 0 saturated heterocycles. The Hall–Kier alpha value is -1.16. The lowest BCUT2D eigenvalue weighted by Gasteiger charge is -1.97. The van der Waals surface area contributed by atoms with E-state index >= 15 is 0 Å². The second kappa shape index (κ2) is 2.62. The van der Waals surface area contributed by atoms with Crippen LogP contribution in [0.15, 0.2) is 12.3 Å². The van der Waals surface area contributed by atoms with Crippen molar-refractivity contribution in [3.05, 3.63) is 23.6 Å². The molecule has 0 aromatic carbocycles. The highest BCUT2D eigenvalue weighted by Gasteiger charge is 2.00. The number of nitrogens with two attached hydrogens (primary N) is 1. The van der Waals surface area contributed by atoms with Crippen molar-refractivity contribution >= 4 is 0 Å². The van der Waals surface area contributed by atoms with Crippen molar-refractivity contribution in [1.82, 2.24) is 4.98 Å². The van der Waals surface area contributed by atoms with Crippen molar-refractivity contribution < 1.29 is 9.50 Å². The predicted molar refractivity (Wildman–Crippen MR) is 33.8 cm³/mol. The lowest BCUT2D eigenvalue weighted by atomic mass is 10.3. The van der Waals surface area contributed by atoms with Crippen LogP contribution >= 0.6 is 0 Å². The van der Waals surface area contributed by atoms with Crippen LogP contribution in [0.1, 0.15) is 5.56 Å². The van der Waals surface area contributed by atoms with Crippen LogP contribution in [-0.4, -0.2) is 10.1 Å². The van der Waals surface area contributed by atoms with E-state index in [1.54, 1.807) is 0 Å². The van der Waals surface area contributed by atoms with E-state index < -0.39 is 5.82 Å². The molecule has 54 valence electrons. The first-order chi connectivity index (χ1) is 4.74. The number of halogens is 1. The third kappa shape index (κ3) is 1.22. The lowest BCUT2D eigenvalue weighted by molar-refractivity contribution is 0.442. The first kappa shape index (κ1) is 6.95. The summed E-state index contributed by atoms with van der Waals surface area (Å²) in [5, 5.41) is 8.88. The molecular weight excluding hydrogens is 135 g/mol. The zero-order valence-corrected chi connectivity index (χ0v) is 5.21. The number of hydrogen-bond acceptors (Lipinski definition) is 3. The average Bonchev–Trinajstić information content (AvgIpc) is 1.94. The maximum atomic E-state index is 12.3. The van der Waals surface area contributed by atoms with Crippen LogP contribution in [0.25, 0.3) is 0 Å². The summed E-state index contributed by atoms with van der Waals surface area (Å²) in [5.41, 5.74) is 5.47. The summed E-state index contributed by atoms with van der Waals surface area (Å²) in [6.45, 7) is 0.0938. The van der Waals surface area contributed by atoms with Crippen LogP contribution in [-0.2, 0) is 6.54 Å². The van der Waals surface area contributed by atoms with Gasteiger partial charge in [0.15, 0.2) is 0 Å². The van der Waals surface area contributed by atoms with Gasteiger partial charge in [0, 0.05) is 12.1 Å². The van der Waals surface area contributed by atoms with E-state index in [9.17, 15) is 4.39 Å². The number of nitrogens with zero attached hydrogens (tertiary/aromatic N) is 1. The van der Waals surface area contributed by atoms with Crippen molar-refractivity contribution in [2.24, 2.45) is 5.73 Å². The molecule has 0 spiro atoms. The van der Waals surface area contributed by atoms with Crippen molar-refractivity contribution in [2.75, 3.05) is 0 Å². The van der Waals surface area contributed by atoms with Crippen LogP contribution < -0.4 is 5.73 Å². The molecular formula is C6H7FN2O. The normalized spacial score (nSPS) is 9.80. The van der Waals surface area contributed by atoms with Gasteiger partial charge >= 0.3 is 0 Å². The Morgan fingerprint density at radius 1 is 1.70 bits per heavy atom. The van der Waals surface area contributed by atoms with Gasteiger partial charge in [-0.1, -0.05) is 0 Å². The highest BCUT2D eigenvalue weighted by Crippen LogP contribution is 2.12. The number of aromatic hydroxyl groups is 1. The van der Waals surface area contributed by atoms with Crippen LogP contribution in [0.4, 0.5) is 4.39 Å². The summed E-state index contributed by atoms with van der Waals surface area (Å²) in [4.78, 5) is 3.35. The quantitative estimate of drug-likeness (QED) is 0.596. The van der Waals surface area contributed by atoms with Crippen LogP contribution in [0, 0.1) is 5.82 Å². The van der Waals surface area contributed by atoms with Gasteiger partial charge in [-0.25, -0.2) is 9.37 Å². The van der Waals surface area contributed by atoms with E-state index in [1.165, 1.54) is 0 Å². The van der Waals surface area contributed by atoms with E-state index in [2.05, 4.69) is 4.98 Å². The molecule has 4 heteroatoms. The van der Waals surface area contributed by atoms with E-state index in [1.807, 2.05) is 0 Å². The standard InChI is InChI=1S/C6H7FN2O/c7-5-1-4(2-8)6(10)9-3-5/h1,3H,2,8H2,(H,9,10). The Bertz CT molecular complexity index is 239. The van der Waals surface area contributed by atoms with E-state index in [0.717, 1.165) is 12.3 Å². The molecule has 1 aromatic heterocycles. The third-order valence-electron chi connectivity index (χ3n) is 1.13. The van der Waals surface area contributed by atoms with Gasteiger partial charge in [-0.3, -0.25) is 0 Å². The van der Waals surface area contributed by atoms with Gasteiger partial charge in [0.05, 0.1) is 6.20 Å². The Morgan fingerprint density at radius 3 is 2.90 bits per heavy atom. The molecule has 0 aliphatic rings. The minimum absolute atomic E-state index is 0.0938. The zero-order chi connectivity index (χ0) is 7.56. The van der Waals surface area contributed by atoms with Crippen LogP contribution in [0.5, 0.6) is 5.88 Å². The number of aromatic nitrogens is 1. The fraction of sp³-hybridized carbons (Fsp3) is 0.167. The lowest BCUT2D eigenvalue weighted by Crippen LogP contribution is -1.98. The summed E-state index contributed by atoms with van der Waals surface area (Å²) in [6, 6.07) is 1.16.